The molecule has 1 rings (SSSR count). The number of aliphatic hydroxyl groups is 4. The summed E-state index contributed by atoms with van der Waals surface area (Å²) < 4.78 is -0.203. The Morgan fingerprint density at radius 2 is 1.80 bits per heavy atom. The summed E-state index contributed by atoms with van der Waals surface area (Å²) in [5.41, 5.74) is 0. The first-order valence-corrected chi connectivity index (χ1v) is 8.03. The Morgan fingerprint density at radius 3 is 2.33 bits per heavy atom. The zero-order chi connectivity index (χ0) is 11.4. The first kappa shape index (κ1) is 14.0. The summed E-state index contributed by atoms with van der Waals surface area (Å²) in [6.07, 6.45) is -3.17. The summed E-state index contributed by atoms with van der Waals surface area (Å²) in [6, 6.07) is 0. The third-order valence-electron chi connectivity index (χ3n) is 2.13. The third-order valence-corrected chi connectivity index (χ3v) is 7.02. The molecule has 0 radical (unpaired) electrons. The maximum absolute atomic E-state index is 9.70. The Labute approximate surface area is 101 Å². The molecular weight excluding hydrogens is 256 g/mol. The van der Waals surface area contributed by atoms with E-state index < -0.39 is 23.6 Å². The zero-order valence-electron chi connectivity index (χ0n) is 8.31. The smallest absolute Gasteiger partial charge is 0.109 e. The molecule has 1 fully saturated rings. The van der Waals surface area contributed by atoms with Gasteiger partial charge in [0.05, 0.1) is 22.5 Å². The molecule has 15 heavy (non-hydrogen) atoms. The molecule has 0 saturated carbocycles. The molecule has 1 saturated heterocycles. The lowest BCUT2D eigenvalue weighted by molar-refractivity contribution is -0.0623. The van der Waals surface area contributed by atoms with Crippen LogP contribution in [0.5, 0.6) is 0 Å². The van der Waals surface area contributed by atoms with E-state index in [4.69, 9.17) is 5.11 Å². The molecule has 1 aliphatic rings. The molecule has 0 spiro atoms. The van der Waals surface area contributed by atoms with E-state index >= 15 is 0 Å². The Balaban J connectivity index is 2.57. The normalized spacial score (nSPS) is 41.8. The van der Waals surface area contributed by atoms with E-state index in [1.54, 1.807) is 10.8 Å². The number of hydrogen-bond donors (Lipinski definition) is 4. The van der Waals surface area contributed by atoms with Gasteiger partial charge in [-0.2, -0.15) is 0 Å². The first-order chi connectivity index (χ1) is 7.11. The Hall–Kier alpha value is 0.890. The predicted molar refractivity (Wildman–Crippen MR) is 66.0 cm³/mol. The van der Waals surface area contributed by atoms with E-state index in [-0.39, 0.29) is 11.2 Å². The lowest BCUT2D eigenvalue weighted by Gasteiger charge is -2.38. The summed E-state index contributed by atoms with van der Waals surface area (Å²) in [5.74, 6) is 0.914. The number of aliphatic hydroxyl groups excluding tert-OH is 4. The van der Waals surface area contributed by atoms with Crippen molar-refractivity contribution in [2.24, 2.45) is 0 Å². The summed E-state index contributed by atoms with van der Waals surface area (Å²) >= 11 is 1.32. The minimum absolute atomic E-state index is 0.191. The van der Waals surface area contributed by atoms with Gasteiger partial charge >= 0.3 is 0 Å². The largest absolute Gasteiger partial charge is 0.395 e. The van der Waals surface area contributed by atoms with Crippen molar-refractivity contribution in [1.29, 1.82) is 0 Å². The molecule has 0 amide bonds. The van der Waals surface area contributed by atoms with E-state index in [0.717, 1.165) is 5.75 Å². The quantitative estimate of drug-likeness (QED) is 0.532. The van der Waals surface area contributed by atoms with Crippen LogP contribution in [0, 0.1) is 0 Å². The van der Waals surface area contributed by atoms with Gasteiger partial charge in [0, 0.05) is 5.75 Å². The highest BCUT2D eigenvalue weighted by Crippen LogP contribution is 2.43. The maximum atomic E-state index is 9.70. The van der Waals surface area contributed by atoms with E-state index in [0.29, 0.717) is 0 Å². The standard InChI is InChI=1S/C8H16O4S3/c1-2-13-15-8-7(12)6(11)5(10)4(3-9)14-8/h4-12H,2-3H2,1H3/t4-,5-,6+,7-,8+/m1/s1. The first-order valence-electron chi connectivity index (χ1n) is 4.70. The molecule has 90 valence electrons. The van der Waals surface area contributed by atoms with E-state index in [1.165, 1.54) is 22.6 Å². The van der Waals surface area contributed by atoms with Crippen LogP contribution in [-0.4, -0.2) is 60.9 Å². The van der Waals surface area contributed by atoms with Gasteiger partial charge in [0.2, 0.25) is 0 Å². The van der Waals surface area contributed by atoms with Crippen molar-refractivity contribution in [3.63, 3.8) is 0 Å². The highest BCUT2D eigenvalue weighted by atomic mass is 33.1. The summed E-state index contributed by atoms with van der Waals surface area (Å²) in [4.78, 5) is 0. The Morgan fingerprint density at radius 1 is 1.13 bits per heavy atom. The second-order valence-corrected chi connectivity index (χ2v) is 7.68. The molecule has 0 aromatic heterocycles. The van der Waals surface area contributed by atoms with E-state index in [1.807, 2.05) is 6.92 Å². The molecule has 0 aliphatic carbocycles. The average molecular weight is 272 g/mol. The molecule has 0 bridgehead atoms. The van der Waals surface area contributed by atoms with Crippen molar-refractivity contribution in [1.82, 2.24) is 0 Å². The predicted octanol–water partition coefficient (Wildman–Crippen LogP) is -0.0958. The monoisotopic (exact) mass is 272 g/mol. The van der Waals surface area contributed by atoms with Gasteiger partial charge in [-0.3, -0.25) is 0 Å². The van der Waals surface area contributed by atoms with Crippen LogP contribution in [0.15, 0.2) is 0 Å². The van der Waals surface area contributed by atoms with Gasteiger partial charge < -0.3 is 20.4 Å². The van der Waals surface area contributed by atoms with Crippen LogP contribution < -0.4 is 0 Å². The van der Waals surface area contributed by atoms with Crippen molar-refractivity contribution in [3.05, 3.63) is 0 Å². The Bertz CT molecular complexity index is 193. The molecule has 5 atom stereocenters. The van der Waals surface area contributed by atoms with Crippen molar-refractivity contribution in [2.75, 3.05) is 12.4 Å². The van der Waals surface area contributed by atoms with Gasteiger partial charge in [0.1, 0.15) is 12.2 Å². The molecule has 4 nitrogen and oxygen atoms in total. The van der Waals surface area contributed by atoms with Crippen LogP contribution >= 0.6 is 33.3 Å². The molecule has 0 aromatic carbocycles. The summed E-state index contributed by atoms with van der Waals surface area (Å²) in [5, 5.41) is 37.4. The topological polar surface area (TPSA) is 80.9 Å². The van der Waals surface area contributed by atoms with Crippen LogP contribution in [0.3, 0.4) is 0 Å². The van der Waals surface area contributed by atoms with Crippen LogP contribution in [0.1, 0.15) is 6.92 Å². The summed E-state index contributed by atoms with van der Waals surface area (Å²) in [6.45, 7) is 1.82. The van der Waals surface area contributed by atoms with Crippen molar-refractivity contribution in [3.8, 4) is 0 Å². The minimum atomic E-state index is -1.17. The van der Waals surface area contributed by atoms with Crippen molar-refractivity contribution >= 4 is 33.3 Å². The fraction of sp³-hybridized carbons (Fsp3) is 1.00. The lowest BCUT2D eigenvalue weighted by atomic mass is 10.1. The number of rotatable bonds is 4. The van der Waals surface area contributed by atoms with E-state index in [2.05, 4.69) is 0 Å². The minimum Gasteiger partial charge on any atom is -0.395 e. The molecule has 1 aliphatic heterocycles. The highest BCUT2D eigenvalue weighted by molar-refractivity contribution is 8.78. The molecule has 0 aromatic rings. The van der Waals surface area contributed by atoms with Crippen molar-refractivity contribution in [2.45, 2.75) is 35.1 Å². The molecule has 1 heterocycles. The van der Waals surface area contributed by atoms with Gasteiger partial charge in [-0.15, -0.1) is 11.8 Å². The van der Waals surface area contributed by atoms with Crippen LogP contribution in [-0.2, 0) is 0 Å². The fourth-order valence-corrected chi connectivity index (χ4v) is 5.57. The molecule has 0 unspecified atom stereocenters. The molecular formula is C8H16O4S3. The van der Waals surface area contributed by atoms with E-state index in [9.17, 15) is 15.3 Å². The number of thioether (sulfide) groups is 1. The lowest BCUT2D eigenvalue weighted by Crippen LogP contribution is -2.52. The average Bonchev–Trinajstić information content (AvgIpc) is 2.25. The molecule has 4 N–H and O–H groups in total. The van der Waals surface area contributed by atoms with Gasteiger partial charge in [0.25, 0.3) is 0 Å². The molecule has 7 heteroatoms. The van der Waals surface area contributed by atoms with Gasteiger partial charge in [0.15, 0.2) is 0 Å². The maximum Gasteiger partial charge on any atom is 0.109 e. The van der Waals surface area contributed by atoms with Crippen LogP contribution in [0.25, 0.3) is 0 Å². The van der Waals surface area contributed by atoms with Crippen LogP contribution in [0.4, 0.5) is 0 Å². The second-order valence-electron chi connectivity index (χ2n) is 3.20. The highest BCUT2D eigenvalue weighted by Gasteiger charge is 2.43. The fourth-order valence-electron chi connectivity index (χ4n) is 1.28. The Kier molecular flexibility index (Phi) is 6.12. The van der Waals surface area contributed by atoms with Crippen LogP contribution in [0.2, 0.25) is 0 Å². The summed E-state index contributed by atoms with van der Waals surface area (Å²) in [7, 11) is 3.07. The third kappa shape index (κ3) is 3.42. The van der Waals surface area contributed by atoms with Gasteiger partial charge in [-0.25, -0.2) is 0 Å². The second kappa shape index (κ2) is 6.58. The van der Waals surface area contributed by atoms with Crippen molar-refractivity contribution < 1.29 is 20.4 Å². The van der Waals surface area contributed by atoms with Gasteiger partial charge in [-0.1, -0.05) is 28.5 Å². The number of hydrogen-bond acceptors (Lipinski definition) is 7. The van der Waals surface area contributed by atoms with Gasteiger partial charge in [-0.05, 0) is 0 Å². The SMILES string of the molecule is CCSS[C@@H]1S[C@H](CO)[C@@H](O)[C@H](O)[C@H]1O. The zero-order valence-corrected chi connectivity index (χ0v) is 10.8.